The van der Waals surface area contributed by atoms with E-state index in [0.29, 0.717) is 22.4 Å². The Morgan fingerprint density at radius 1 is 1.47 bits per heavy atom. The van der Waals surface area contributed by atoms with Crippen molar-refractivity contribution in [2.45, 2.75) is 19.6 Å². The van der Waals surface area contributed by atoms with Crippen molar-refractivity contribution in [3.05, 3.63) is 29.8 Å². The molecule has 2 atom stereocenters. The van der Waals surface area contributed by atoms with Crippen molar-refractivity contribution in [3.8, 4) is 11.5 Å². The van der Waals surface area contributed by atoms with E-state index in [2.05, 4.69) is 6.92 Å². The van der Waals surface area contributed by atoms with E-state index in [1.807, 2.05) is 0 Å². The molecule has 3 nitrogen and oxygen atoms in total. The van der Waals surface area contributed by atoms with Gasteiger partial charge in [-0.2, -0.15) is 0 Å². The van der Waals surface area contributed by atoms with Crippen LogP contribution in [0, 0.1) is 12.5 Å². The van der Waals surface area contributed by atoms with Gasteiger partial charge in [-0.15, -0.1) is 5.92 Å². The van der Waals surface area contributed by atoms with Crippen LogP contribution < -0.4 is 78.4 Å². The molecule has 1 aliphatic rings. The van der Waals surface area contributed by atoms with Crippen LogP contribution in [-0.2, 0) is 4.74 Å². The third-order valence-corrected chi connectivity index (χ3v) is 2.73. The minimum atomic E-state index is -0.208. The van der Waals surface area contributed by atoms with Crippen molar-refractivity contribution in [1.82, 2.24) is 0 Å². The van der Waals surface area contributed by atoms with Gasteiger partial charge in [-0.1, -0.05) is 18.5 Å². The summed E-state index contributed by atoms with van der Waals surface area (Å²) in [6, 6.07) is 5.31. The van der Waals surface area contributed by atoms with Crippen LogP contribution in [0.3, 0.4) is 0 Å². The molecule has 0 aliphatic carbocycles. The van der Waals surface area contributed by atoms with Crippen LogP contribution >= 0.6 is 11.6 Å². The fraction of sp³-hybridized carbons (Fsp3) is 0.417. The van der Waals surface area contributed by atoms with Gasteiger partial charge in [0.2, 0.25) is 0 Å². The van der Waals surface area contributed by atoms with Crippen LogP contribution in [0.1, 0.15) is 13.3 Å². The monoisotopic (exact) mass is 374 g/mol. The molecule has 0 saturated carbocycles. The molecule has 0 amide bonds. The van der Waals surface area contributed by atoms with Gasteiger partial charge in [-0.3, -0.25) is 0 Å². The third-order valence-electron chi connectivity index (χ3n) is 2.42. The van der Waals surface area contributed by atoms with Gasteiger partial charge in [-0.05, 0) is 18.6 Å². The smallest absolute Gasteiger partial charge is 0.520 e. The van der Waals surface area contributed by atoms with E-state index in [9.17, 15) is 0 Å². The summed E-state index contributed by atoms with van der Waals surface area (Å²) in [4.78, 5) is 0. The largest absolute Gasteiger partial charge is 1.00 e. The zero-order valence-corrected chi connectivity index (χ0v) is 17.3. The zero-order chi connectivity index (χ0) is 11.5. The Morgan fingerprint density at radius 3 is 2.82 bits per heavy atom. The summed E-state index contributed by atoms with van der Waals surface area (Å²) in [5, 5.41) is 0.571. The number of hydrogen-bond acceptors (Lipinski definition) is 3. The summed E-state index contributed by atoms with van der Waals surface area (Å²) in [6.45, 7) is 3.89. The second-order valence-corrected chi connectivity index (χ2v) is 4.24. The average Bonchev–Trinajstić information content (AvgIpc) is 2.67. The second-order valence-electron chi connectivity index (χ2n) is 3.83. The van der Waals surface area contributed by atoms with E-state index in [0.717, 1.165) is 6.42 Å². The molecule has 0 radical (unpaired) electrons. The van der Waals surface area contributed by atoms with Crippen molar-refractivity contribution < 1.29 is 83.1 Å². The number of benzene rings is 1. The van der Waals surface area contributed by atoms with Gasteiger partial charge in [0, 0.05) is 6.07 Å². The van der Waals surface area contributed by atoms with Gasteiger partial charge in [0.15, 0.2) is 6.29 Å². The SMILES string of the molecule is COc1cc(OC2C[C@@H](C)[CH-]O2)ccc1Cl.[Cs+]. The number of methoxy groups -OCH3 is 1. The predicted molar refractivity (Wildman–Crippen MR) is 61.6 cm³/mol. The van der Waals surface area contributed by atoms with Crippen LogP contribution in [0.4, 0.5) is 0 Å². The molecule has 5 heteroatoms. The molecule has 1 aromatic carbocycles. The first-order chi connectivity index (χ1) is 7.69. The Balaban J connectivity index is 0.00000144. The van der Waals surface area contributed by atoms with Gasteiger partial charge >= 0.3 is 68.9 Å². The summed E-state index contributed by atoms with van der Waals surface area (Å²) >= 11 is 5.92. The number of rotatable bonds is 3. The van der Waals surface area contributed by atoms with Crippen LogP contribution in [0.2, 0.25) is 5.02 Å². The van der Waals surface area contributed by atoms with Gasteiger partial charge in [0.25, 0.3) is 0 Å². The first-order valence-corrected chi connectivity index (χ1v) is 5.56. The van der Waals surface area contributed by atoms with Crippen LogP contribution in [0.5, 0.6) is 11.5 Å². The molecule has 0 N–H and O–H groups in total. The Kier molecular flexibility index (Phi) is 7.28. The van der Waals surface area contributed by atoms with Gasteiger partial charge in [0.05, 0.1) is 12.1 Å². The molecule has 1 unspecified atom stereocenters. The Morgan fingerprint density at radius 2 is 2.24 bits per heavy atom. The topological polar surface area (TPSA) is 27.7 Å². The molecule has 1 aliphatic heterocycles. The molecule has 0 aromatic heterocycles. The molecular weight excluding hydrogens is 360 g/mol. The van der Waals surface area contributed by atoms with Gasteiger partial charge in [-0.25, -0.2) is 6.61 Å². The Labute approximate surface area is 166 Å². The van der Waals surface area contributed by atoms with E-state index >= 15 is 0 Å². The summed E-state index contributed by atoms with van der Waals surface area (Å²) in [7, 11) is 1.58. The number of halogens is 1. The Bertz CT molecular complexity index is 373. The van der Waals surface area contributed by atoms with Crippen molar-refractivity contribution in [3.63, 3.8) is 0 Å². The number of ether oxygens (including phenoxy) is 3. The molecule has 2 rings (SSSR count). The second kappa shape index (κ2) is 7.65. The first-order valence-electron chi connectivity index (χ1n) is 5.18. The maximum Gasteiger partial charge on any atom is 1.00 e. The third kappa shape index (κ3) is 4.62. The summed E-state index contributed by atoms with van der Waals surface area (Å²) in [6.07, 6.45) is 0.658. The molecule has 1 aromatic rings. The molecule has 1 saturated heterocycles. The average molecular weight is 375 g/mol. The first kappa shape index (κ1) is 16.2. The number of hydrogen-bond donors (Lipinski definition) is 0. The van der Waals surface area contributed by atoms with E-state index in [1.54, 1.807) is 31.9 Å². The Hall–Kier alpha value is 1.12. The summed E-state index contributed by atoms with van der Waals surface area (Å²) in [5.41, 5.74) is 0. The molecule has 1 heterocycles. The summed E-state index contributed by atoms with van der Waals surface area (Å²) in [5.74, 6) is 1.74. The maximum absolute atomic E-state index is 5.92. The van der Waals surface area contributed by atoms with Gasteiger partial charge in [0.1, 0.15) is 11.5 Å². The van der Waals surface area contributed by atoms with Crippen LogP contribution in [0.15, 0.2) is 18.2 Å². The van der Waals surface area contributed by atoms with Crippen LogP contribution in [0.25, 0.3) is 0 Å². The van der Waals surface area contributed by atoms with Crippen molar-refractivity contribution in [2.75, 3.05) is 7.11 Å². The maximum atomic E-state index is 5.92. The molecule has 0 bridgehead atoms. The molecule has 1 fully saturated rings. The molecule has 88 valence electrons. The molecule has 17 heavy (non-hydrogen) atoms. The van der Waals surface area contributed by atoms with Gasteiger partial charge < -0.3 is 14.2 Å². The van der Waals surface area contributed by atoms with Crippen molar-refractivity contribution in [1.29, 1.82) is 0 Å². The molecular formula is C12H14ClCsO3. The standard InChI is InChI=1S/C12H14ClO3.Cs/c1-8-5-12(15-7-8)16-9-3-4-10(13)11(6-9)14-2;/h3-4,6-8,12H,5H2,1-2H3;/q-1;+1/t8-,12?;/m1./s1. The van der Waals surface area contributed by atoms with Crippen molar-refractivity contribution >= 4 is 11.6 Å². The fourth-order valence-electron chi connectivity index (χ4n) is 1.58. The quantitative estimate of drug-likeness (QED) is 0.711. The molecule has 0 spiro atoms. The van der Waals surface area contributed by atoms with E-state index < -0.39 is 0 Å². The predicted octanol–water partition coefficient (Wildman–Crippen LogP) is 0.276. The van der Waals surface area contributed by atoms with E-state index in [4.69, 9.17) is 25.8 Å². The zero-order valence-electron chi connectivity index (χ0n) is 10.3. The van der Waals surface area contributed by atoms with Crippen LogP contribution in [-0.4, -0.2) is 13.4 Å². The van der Waals surface area contributed by atoms with Crippen molar-refractivity contribution in [2.24, 2.45) is 5.92 Å². The fourth-order valence-corrected chi connectivity index (χ4v) is 1.77. The minimum absolute atomic E-state index is 0. The van der Waals surface area contributed by atoms with E-state index in [-0.39, 0.29) is 75.2 Å². The summed E-state index contributed by atoms with van der Waals surface area (Å²) < 4.78 is 16.1. The minimum Gasteiger partial charge on any atom is -0.520 e. The van der Waals surface area contributed by atoms with E-state index in [1.165, 1.54) is 0 Å². The normalized spacial score (nSPS) is 23.0.